The van der Waals surface area contributed by atoms with Gasteiger partial charge in [-0.25, -0.2) is 0 Å². The van der Waals surface area contributed by atoms with Gasteiger partial charge in [0.05, 0.1) is 28.4 Å². The Morgan fingerprint density at radius 1 is 0.611 bits per heavy atom. The van der Waals surface area contributed by atoms with Crippen molar-refractivity contribution in [1.29, 1.82) is 0 Å². The molecule has 1 aliphatic heterocycles. The number of hydrogen-bond acceptors (Lipinski definition) is 8. The molecular weight excluding hydrogens is 456 g/mol. The number of nitrogens with two attached hydrogens (primary N) is 2. The van der Waals surface area contributed by atoms with E-state index in [0.717, 1.165) is 74.9 Å². The number of piperazine rings is 1. The van der Waals surface area contributed by atoms with Gasteiger partial charge in [0, 0.05) is 38.3 Å². The number of methoxy groups -OCH3 is 4. The van der Waals surface area contributed by atoms with Crippen LogP contribution in [0.5, 0.6) is 23.0 Å². The fourth-order valence-corrected chi connectivity index (χ4v) is 5.24. The van der Waals surface area contributed by atoms with Crippen LogP contribution in [-0.4, -0.2) is 89.6 Å². The maximum absolute atomic E-state index is 6.02. The van der Waals surface area contributed by atoms with Gasteiger partial charge < -0.3 is 30.4 Å². The fourth-order valence-electron chi connectivity index (χ4n) is 5.24. The highest BCUT2D eigenvalue weighted by Gasteiger charge is 2.28. The van der Waals surface area contributed by atoms with Crippen LogP contribution in [-0.2, 0) is 12.8 Å². The second kappa shape index (κ2) is 14.3. The molecule has 36 heavy (non-hydrogen) atoms. The van der Waals surface area contributed by atoms with Gasteiger partial charge in [0.15, 0.2) is 23.0 Å². The lowest BCUT2D eigenvalue weighted by atomic mass is 9.98. The lowest BCUT2D eigenvalue weighted by molar-refractivity contribution is 0.0643. The van der Waals surface area contributed by atoms with Gasteiger partial charge in [-0.3, -0.25) is 9.80 Å². The second-order valence-corrected chi connectivity index (χ2v) is 9.32. The summed E-state index contributed by atoms with van der Waals surface area (Å²) in [4.78, 5) is 5.19. The van der Waals surface area contributed by atoms with Gasteiger partial charge in [-0.05, 0) is 74.2 Å². The molecule has 200 valence electrons. The molecule has 0 saturated carbocycles. The van der Waals surface area contributed by atoms with E-state index in [-0.39, 0.29) is 0 Å². The summed E-state index contributed by atoms with van der Waals surface area (Å²) in [6, 6.07) is 13.2. The molecule has 0 bridgehead atoms. The highest BCUT2D eigenvalue weighted by Crippen LogP contribution is 2.30. The van der Waals surface area contributed by atoms with Gasteiger partial charge in [0.2, 0.25) is 0 Å². The normalized spacial score (nSPS) is 16.4. The summed E-state index contributed by atoms with van der Waals surface area (Å²) in [6.07, 6.45) is 3.81. The summed E-state index contributed by atoms with van der Waals surface area (Å²) >= 11 is 0. The number of hydrogen-bond donors (Lipinski definition) is 2. The summed E-state index contributed by atoms with van der Waals surface area (Å²) in [6.45, 7) is 5.42. The van der Waals surface area contributed by atoms with Gasteiger partial charge >= 0.3 is 0 Å². The number of nitrogens with zero attached hydrogens (tertiary/aromatic N) is 2. The van der Waals surface area contributed by atoms with Crippen LogP contribution in [0.15, 0.2) is 36.4 Å². The van der Waals surface area contributed by atoms with Crippen molar-refractivity contribution < 1.29 is 18.9 Å². The van der Waals surface area contributed by atoms with Crippen molar-refractivity contribution in [3.63, 3.8) is 0 Å². The molecule has 0 amide bonds. The largest absolute Gasteiger partial charge is 0.493 e. The standard InChI is InChI=1S/C28H44N4O4/c1-33-25-7-5-21(19-27(25)35-3)17-23(9-11-29)31-13-15-32(16-14-31)24(10-12-30)18-22-6-8-26(34-2)28(20-22)36-4/h5-8,19-20,23-24H,9-18,29-30H2,1-4H3. The zero-order valence-corrected chi connectivity index (χ0v) is 22.4. The van der Waals surface area contributed by atoms with E-state index in [1.807, 2.05) is 12.1 Å². The third kappa shape index (κ3) is 7.26. The van der Waals surface area contributed by atoms with Crippen molar-refractivity contribution in [2.24, 2.45) is 11.5 Å². The quantitative estimate of drug-likeness (QED) is 0.409. The molecule has 0 radical (unpaired) electrons. The molecule has 2 unspecified atom stereocenters. The Morgan fingerprint density at radius 3 is 1.28 bits per heavy atom. The third-order valence-corrected chi connectivity index (χ3v) is 7.22. The summed E-state index contributed by atoms with van der Waals surface area (Å²) in [5.74, 6) is 3.05. The van der Waals surface area contributed by atoms with Crippen LogP contribution in [0.3, 0.4) is 0 Å². The first-order valence-corrected chi connectivity index (χ1v) is 12.9. The molecule has 8 heteroatoms. The van der Waals surface area contributed by atoms with Gasteiger partial charge in [0.1, 0.15) is 0 Å². The van der Waals surface area contributed by atoms with Crippen molar-refractivity contribution in [1.82, 2.24) is 9.80 Å². The minimum absolute atomic E-state index is 0.397. The van der Waals surface area contributed by atoms with Crippen LogP contribution in [0.1, 0.15) is 24.0 Å². The molecular formula is C28H44N4O4. The van der Waals surface area contributed by atoms with Gasteiger partial charge in [-0.15, -0.1) is 0 Å². The highest BCUT2D eigenvalue weighted by atomic mass is 16.5. The Hall–Kier alpha value is -2.52. The van der Waals surface area contributed by atoms with E-state index in [0.29, 0.717) is 25.2 Å². The van der Waals surface area contributed by atoms with Crippen LogP contribution >= 0.6 is 0 Å². The van der Waals surface area contributed by atoms with E-state index in [4.69, 9.17) is 30.4 Å². The predicted molar refractivity (Wildman–Crippen MR) is 145 cm³/mol. The molecule has 1 heterocycles. The lowest BCUT2D eigenvalue weighted by Gasteiger charge is -2.42. The van der Waals surface area contributed by atoms with Gasteiger partial charge in [0.25, 0.3) is 0 Å². The van der Waals surface area contributed by atoms with E-state index in [1.54, 1.807) is 28.4 Å². The van der Waals surface area contributed by atoms with Crippen molar-refractivity contribution in [2.45, 2.75) is 37.8 Å². The molecule has 3 rings (SSSR count). The smallest absolute Gasteiger partial charge is 0.160 e. The Labute approximate surface area is 216 Å². The SMILES string of the molecule is COc1ccc(CC(CCN)N2CCN(C(CCN)Cc3ccc(OC)c(OC)c3)CC2)cc1OC. The average molecular weight is 501 g/mol. The summed E-state index contributed by atoms with van der Waals surface area (Å²) in [5.41, 5.74) is 14.5. The molecule has 2 atom stereocenters. The Morgan fingerprint density at radius 2 is 0.972 bits per heavy atom. The molecule has 0 spiro atoms. The molecule has 8 nitrogen and oxygen atoms in total. The van der Waals surface area contributed by atoms with Crippen LogP contribution < -0.4 is 30.4 Å². The van der Waals surface area contributed by atoms with E-state index >= 15 is 0 Å². The number of rotatable bonds is 14. The first-order valence-electron chi connectivity index (χ1n) is 12.9. The van der Waals surface area contributed by atoms with Crippen molar-refractivity contribution in [3.05, 3.63) is 47.5 Å². The highest BCUT2D eigenvalue weighted by molar-refractivity contribution is 5.44. The maximum atomic E-state index is 6.02. The molecule has 0 aliphatic carbocycles. The van der Waals surface area contributed by atoms with Gasteiger partial charge in [-0.1, -0.05) is 12.1 Å². The molecule has 1 saturated heterocycles. The molecule has 2 aromatic carbocycles. The first-order chi connectivity index (χ1) is 17.6. The van der Waals surface area contributed by atoms with Crippen molar-refractivity contribution >= 4 is 0 Å². The van der Waals surface area contributed by atoms with Crippen LogP contribution in [0.2, 0.25) is 0 Å². The molecule has 1 fully saturated rings. The predicted octanol–water partition coefficient (Wildman–Crippen LogP) is 2.56. The zero-order chi connectivity index (χ0) is 25.9. The molecule has 4 N–H and O–H groups in total. The number of ether oxygens (including phenoxy) is 4. The topological polar surface area (TPSA) is 95.4 Å². The second-order valence-electron chi connectivity index (χ2n) is 9.32. The summed E-state index contributed by atoms with van der Waals surface area (Å²) < 4.78 is 21.8. The fraction of sp³-hybridized carbons (Fsp3) is 0.571. The lowest BCUT2D eigenvalue weighted by Crippen LogP contribution is -2.54. The minimum Gasteiger partial charge on any atom is -0.493 e. The average Bonchev–Trinajstić information content (AvgIpc) is 2.92. The van der Waals surface area contributed by atoms with Crippen LogP contribution in [0.4, 0.5) is 0 Å². The Balaban J connectivity index is 1.64. The van der Waals surface area contributed by atoms with E-state index in [1.165, 1.54) is 11.1 Å². The number of benzene rings is 2. The third-order valence-electron chi connectivity index (χ3n) is 7.22. The molecule has 1 aliphatic rings. The molecule has 0 aromatic heterocycles. The van der Waals surface area contributed by atoms with Crippen LogP contribution in [0, 0.1) is 0 Å². The minimum atomic E-state index is 0.397. The monoisotopic (exact) mass is 500 g/mol. The van der Waals surface area contributed by atoms with E-state index < -0.39 is 0 Å². The molecule has 2 aromatic rings. The van der Waals surface area contributed by atoms with Crippen LogP contribution in [0.25, 0.3) is 0 Å². The van der Waals surface area contributed by atoms with E-state index in [2.05, 4.69) is 34.1 Å². The Kier molecular flexibility index (Phi) is 11.1. The summed E-state index contributed by atoms with van der Waals surface area (Å²) in [7, 11) is 6.69. The zero-order valence-electron chi connectivity index (χ0n) is 22.4. The summed E-state index contributed by atoms with van der Waals surface area (Å²) in [5, 5.41) is 0. The Bertz CT molecular complexity index is 858. The van der Waals surface area contributed by atoms with Crippen molar-refractivity contribution in [3.8, 4) is 23.0 Å². The maximum Gasteiger partial charge on any atom is 0.160 e. The van der Waals surface area contributed by atoms with E-state index in [9.17, 15) is 0 Å². The van der Waals surface area contributed by atoms with Gasteiger partial charge in [-0.2, -0.15) is 0 Å². The first kappa shape index (κ1) is 28.1. The van der Waals surface area contributed by atoms with Crippen molar-refractivity contribution in [2.75, 3.05) is 67.7 Å².